The summed E-state index contributed by atoms with van der Waals surface area (Å²) in [6.45, 7) is 1.98. The largest absolute Gasteiger partial charge is 0.467 e. The Morgan fingerprint density at radius 1 is 1.09 bits per heavy atom. The van der Waals surface area contributed by atoms with Gasteiger partial charge in [-0.05, 0) is 36.1 Å². The van der Waals surface area contributed by atoms with Crippen LogP contribution in [0.1, 0.15) is 46.8 Å². The fourth-order valence-electron chi connectivity index (χ4n) is 3.31. The number of hydrogen-bond acceptors (Lipinski definition) is 5. The van der Waals surface area contributed by atoms with Gasteiger partial charge in [-0.3, -0.25) is 14.4 Å². The Bertz CT molecular complexity index is 1050. The first-order valence-electron chi connectivity index (χ1n) is 10.7. The van der Waals surface area contributed by atoms with E-state index in [-0.39, 0.29) is 31.1 Å². The van der Waals surface area contributed by atoms with Crippen molar-refractivity contribution in [2.45, 2.75) is 32.4 Å². The van der Waals surface area contributed by atoms with Crippen molar-refractivity contribution < 1.29 is 23.2 Å². The number of carbonyl (C=O) groups excluding carboxylic acids is 3. The quantitative estimate of drug-likeness (QED) is 0.444. The molecule has 3 aromatic rings. The summed E-state index contributed by atoms with van der Waals surface area (Å²) in [4.78, 5) is 40.5. The average Bonchev–Trinajstić information content (AvgIpc) is 3.54. The van der Waals surface area contributed by atoms with E-state index < -0.39 is 23.7 Å². The van der Waals surface area contributed by atoms with Crippen LogP contribution in [0.4, 0.5) is 4.39 Å². The number of unbranched alkanes of at least 4 members (excludes halogenated alkanes) is 1. The van der Waals surface area contributed by atoms with Crippen molar-refractivity contribution in [3.63, 3.8) is 0 Å². The van der Waals surface area contributed by atoms with Crippen molar-refractivity contribution in [1.29, 1.82) is 0 Å². The van der Waals surface area contributed by atoms with E-state index in [2.05, 4.69) is 10.6 Å². The van der Waals surface area contributed by atoms with Gasteiger partial charge in [0.25, 0.3) is 5.91 Å². The molecule has 2 N–H and O–H groups in total. The Balaban J connectivity index is 1.83. The number of hydrogen-bond donors (Lipinski definition) is 2. The second-order valence-corrected chi connectivity index (χ2v) is 8.27. The lowest BCUT2D eigenvalue weighted by Gasteiger charge is -2.31. The Hall–Kier alpha value is -3.46. The predicted molar refractivity (Wildman–Crippen MR) is 123 cm³/mol. The Kier molecular flexibility index (Phi) is 8.77. The number of benzene rings is 1. The summed E-state index contributed by atoms with van der Waals surface area (Å²) in [5.74, 6) is -1.45. The van der Waals surface area contributed by atoms with E-state index in [1.807, 2.05) is 6.92 Å². The van der Waals surface area contributed by atoms with Crippen molar-refractivity contribution in [3.8, 4) is 0 Å². The number of halogens is 1. The SMILES string of the molecule is CCCCN(C(=O)CNC(=O)c1cccs1)[C@H](C(=O)NCc1ccco1)c1ccccc1F. The highest BCUT2D eigenvalue weighted by Gasteiger charge is 2.33. The van der Waals surface area contributed by atoms with Crippen molar-refractivity contribution in [3.05, 3.63) is 82.2 Å². The highest BCUT2D eigenvalue weighted by molar-refractivity contribution is 7.12. The molecule has 0 fully saturated rings. The second kappa shape index (κ2) is 12.0. The molecule has 3 rings (SSSR count). The van der Waals surface area contributed by atoms with Crippen LogP contribution in [0.3, 0.4) is 0 Å². The molecule has 0 bridgehead atoms. The molecule has 2 heterocycles. The van der Waals surface area contributed by atoms with Gasteiger partial charge in [-0.2, -0.15) is 0 Å². The van der Waals surface area contributed by atoms with Crippen LogP contribution in [-0.2, 0) is 16.1 Å². The minimum absolute atomic E-state index is 0.0866. The van der Waals surface area contributed by atoms with E-state index in [1.54, 1.807) is 35.7 Å². The van der Waals surface area contributed by atoms with Gasteiger partial charge >= 0.3 is 0 Å². The molecule has 0 aliphatic carbocycles. The number of nitrogens with one attached hydrogen (secondary N) is 2. The molecule has 9 heteroatoms. The summed E-state index contributed by atoms with van der Waals surface area (Å²) in [5, 5.41) is 7.09. The van der Waals surface area contributed by atoms with E-state index in [9.17, 15) is 18.8 Å². The molecule has 0 spiro atoms. The van der Waals surface area contributed by atoms with E-state index in [0.29, 0.717) is 17.1 Å². The highest BCUT2D eigenvalue weighted by Crippen LogP contribution is 2.25. The number of carbonyl (C=O) groups is 3. The third kappa shape index (κ3) is 6.52. The number of amides is 3. The van der Waals surface area contributed by atoms with Gasteiger partial charge in [-0.15, -0.1) is 11.3 Å². The molecule has 33 heavy (non-hydrogen) atoms. The maximum atomic E-state index is 14.8. The fourth-order valence-corrected chi connectivity index (χ4v) is 3.95. The molecule has 0 aliphatic rings. The van der Waals surface area contributed by atoms with Gasteiger partial charge in [0, 0.05) is 12.1 Å². The zero-order valence-corrected chi connectivity index (χ0v) is 19.1. The Morgan fingerprint density at radius 3 is 2.58 bits per heavy atom. The summed E-state index contributed by atoms with van der Waals surface area (Å²) in [6, 6.07) is 11.5. The molecule has 3 amide bonds. The van der Waals surface area contributed by atoms with Gasteiger partial charge < -0.3 is 20.0 Å². The van der Waals surface area contributed by atoms with Gasteiger partial charge in [0.2, 0.25) is 11.8 Å². The summed E-state index contributed by atoms with van der Waals surface area (Å²) in [5.41, 5.74) is 0.0866. The van der Waals surface area contributed by atoms with Crippen molar-refractivity contribution in [2.75, 3.05) is 13.1 Å². The first kappa shape index (κ1) is 24.2. The average molecular weight is 472 g/mol. The summed E-state index contributed by atoms with van der Waals surface area (Å²) in [6.07, 6.45) is 2.87. The van der Waals surface area contributed by atoms with Crippen LogP contribution in [0.25, 0.3) is 0 Å². The maximum absolute atomic E-state index is 14.8. The first-order chi connectivity index (χ1) is 16.0. The van der Waals surface area contributed by atoms with Crippen molar-refractivity contribution in [2.24, 2.45) is 0 Å². The topological polar surface area (TPSA) is 91.7 Å². The Labute approximate surface area is 195 Å². The number of nitrogens with zero attached hydrogens (tertiary/aromatic N) is 1. The lowest BCUT2D eigenvalue weighted by molar-refractivity contribution is -0.140. The fraction of sp³-hybridized carbons (Fsp3) is 0.292. The van der Waals surface area contributed by atoms with E-state index in [0.717, 1.165) is 6.42 Å². The van der Waals surface area contributed by atoms with Gasteiger partial charge in [0.05, 0.1) is 24.2 Å². The summed E-state index contributed by atoms with van der Waals surface area (Å²) >= 11 is 1.26. The maximum Gasteiger partial charge on any atom is 0.261 e. The van der Waals surface area contributed by atoms with Crippen LogP contribution >= 0.6 is 11.3 Å². The number of thiophene rings is 1. The lowest BCUT2D eigenvalue weighted by Crippen LogP contribution is -2.47. The lowest BCUT2D eigenvalue weighted by atomic mass is 10.0. The zero-order chi connectivity index (χ0) is 23.6. The summed E-state index contributed by atoms with van der Waals surface area (Å²) < 4.78 is 20.0. The standard InChI is InChI=1S/C24H26FN3O4S/c1-2-3-12-28(21(29)16-27-23(30)20-11-7-14-33-20)22(18-9-4-5-10-19(18)25)24(31)26-15-17-8-6-13-32-17/h4-11,13-14,22H,2-3,12,15-16H2,1H3,(H,26,31)(H,27,30)/t22-/m0/s1. The van der Waals surface area contributed by atoms with Crippen LogP contribution < -0.4 is 10.6 Å². The van der Waals surface area contributed by atoms with Crippen LogP contribution in [-0.4, -0.2) is 35.7 Å². The first-order valence-corrected chi connectivity index (χ1v) is 11.5. The zero-order valence-electron chi connectivity index (χ0n) is 18.3. The molecule has 0 saturated heterocycles. The molecular formula is C24H26FN3O4S. The van der Waals surface area contributed by atoms with E-state index in [1.165, 1.54) is 40.7 Å². The molecular weight excluding hydrogens is 445 g/mol. The van der Waals surface area contributed by atoms with E-state index in [4.69, 9.17) is 4.42 Å². The molecule has 174 valence electrons. The van der Waals surface area contributed by atoms with Gasteiger partial charge in [-0.1, -0.05) is 37.6 Å². The Morgan fingerprint density at radius 2 is 1.91 bits per heavy atom. The van der Waals surface area contributed by atoms with E-state index >= 15 is 0 Å². The van der Waals surface area contributed by atoms with Gasteiger partial charge in [0.1, 0.15) is 17.6 Å². The molecule has 0 aliphatic heterocycles. The molecule has 0 unspecified atom stereocenters. The minimum Gasteiger partial charge on any atom is -0.467 e. The molecule has 1 aromatic carbocycles. The number of furan rings is 1. The van der Waals surface area contributed by atoms with Gasteiger partial charge in [0.15, 0.2) is 0 Å². The highest BCUT2D eigenvalue weighted by atomic mass is 32.1. The third-order valence-corrected chi connectivity index (χ3v) is 5.86. The van der Waals surface area contributed by atoms with Crippen LogP contribution in [0.5, 0.6) is 0 Å². The smallest absolute Gasteiger partial charge is 0.261 e. The molecule has 0 saturated carbocycles. The normalized spacial score (nSPS) is 11.6. The predicted octanol–water partition coefficient (Wildman–Crippen LogP) is 3.90. The number of rotatable bonds is 11. The van der Waals surface area contributed by atoms with Gasteiger partial charge in [-0.25, -0.2) is 4.39 Å². The van der Waals surface area contributed by atoms with Crippen molar-refractivity contribution >= 4 is 29.1 Å². The molecule has 2 aromatic heterocycles. The van der Waals surface area contributed by atoms with Crippen LogP contribution in [0.15, 0.2) is 64.6 Å². The second-order valence-electron chi connectivity index (χ2n) is 7.32. The monoisotopic (exact) mass is 471 g/mol. The van der Waals surface area contributed by atoms with Crippen LogP contribution in [0.2, 0.25) is 0 Å². The van der Waals surface area contributed by atoms with Crippen molar-refractivity contribution in [1.82, 2.24) is 15.5 Å². The molecule has 0 radical (unpaired) electrons. The third-order valence-electron chi connectivity index (χ3n) is 4.99. The molecule has 1 atom stereocenters. The summed E-state index contributed by atoms with van der Waals surface area (Å²) in [7, 11) is 0. The molecule has 7 nitrogen and oxygen atoms in total. The van der Waals surface area contributed by atoms with Crippen LogP contribution in [0, 0.1) is 5.82 Å². The minimum atomic E-state index is -1.20.